The molecule has 0 amide bonds. The van der Waals surface area contributed by atoms with Crippen LogP contribution in [0, 0.1) is 47.4 Å². The van der Waals surface area contributed by atoms with E-state index in [1.165, 1.54) is 0 Å². The summed E-state index contributed by atoms with van der Waals surface area (Å²) in [6.07, 6.45) is 25.0. The largest absolute Gasteiger partial charge is 0.462 e. The van der Waals surface area contributed by atoms with Crippen molar-refractivity contribution in [1.29, 1.82) is 0 Å². The van der Waals surface area contributed by atoms with Crippen molar-refractivity contribution in [1.82, 2.24) is 0 Å². The summed E-state index contributed by atoms with van der Waals surface area (Å²) in [5.74, 6) is 21.6. The minimum Gasteiger partial charge on any atom is -0.462 e. The number of aliphatic hydroxyl groups is 1. The minimum absolute atomic E-state index is 0.0419. The first kappa shape index (κ1) is 38.2. The van der Waals surface area contributed by atoms with Crippen LogP contribution in [0.2, 0.25) is 0 Å². The Morgan fingerprint density at radius 2 is 1.24 bits per heavy atom. The number of epoxide rings is 2. The Kier molecular flexibility index (Phi) is 21.0. The Morgan fingerprint density at radius 1 is 0.739 bits per heavy atom. The van der Waals surface area contributed by atoms with Gasteiger partial charge in [-0.2, -0.15) is 0 Å². The molecule has 0 bridgehead atoms. The summed E-state index contributed by atoms with van der Waals surface area (Å²) in [5, 5.41) is 9.48. The van der Waals surface area contributed by atoms with E-state index in [9.17, 15) is 14.7 Å². The number of hydrogen-bond acceptors (Lipinski definition) is 7. The number of carbonyl (C=O) groups is 2. The van der Waals surface area contributed by atoms with E-state index in [1.807, 2.05) is 0 Å². The monoisotopic (exact) mass is 628 g/mol. The maximum Gasteiger partial charge on any atom is 0.307 e. The van der Waals surface area contributed by atoms with Gasteiger partial charge in [-0.1, -0.05) is 86.1 Å². The first-order chi connectivity index (χ1) is 22.6. The van der Waals surface area contributed by atoms with Gasteiger partial charge in [0.25, 0.3) is 0 Å². The lowest BCUT2D eigenvalue weighted by molar-refractivity contribution is -0.161. The number of esters is 2. The predicted octanol–water partition coefficient (Wildman–Crippen LogP) is 5.93. The molecule has 2 aliphatic rings. The second kappa shape index (κ2) is 25.2. The molecule has 2 fully saturated rings. The molecule has 2 rings (SSSR count). The highest BCUT2D eigenvalue weighted by molar-refractivity contribution is 5.70. The summed E-state index contributed by atoms with van der Waals surface area (Å²) in [7, 11) is 0. The van der Waals surface area contributed by atoms with E-state index in [4.69, 9.17) is 18.9 Å². The second-order valence-corrected chi connectivity index (χ2v) is 10.7. The van der Waals surface area contributed by atoms with Gasteiger partial charge in [-0.05, 0) is 75.0 Å². The molecule has 0 radical (unpaired) electrons. The van der Waals surface area contributed by atoms with E-state index >= 15 is 0 Å². The zero-order chi connectivity index (χ0) is 33.1. The van der Waals surface area contributed by atoms with Gasteiger partial charge in [0.05, 0.1) is 31.7 Å². The highest BCUT2D eigenvalue weighted by atomic mass is 16.6. The highest BCUT2D eigenvalue weighted by Crippen LogP contribution is 2.27. The number of allylic oxidation sites excluding steroid dienone is 8. The maximum atomic E-state index is 12.1. The summed E-state index contributed by atoms with van der Waals surface area (Å²) >= 11 is 0. The number of ether oxygens (including phenoxy) is 4. The predicted molar refractivity (Wildman–Crippen MR) is 180 cm³/mol. The van der Waals surface area contributed by atoms with Crippen molar-refractivity contribution in [3.05, 3.63) is 48.6 Å². The normalized spacial score (nSPS) is 20.2. The summed E-state index contributed by atoms with van der Waals surface area (Å²) in [6.45, 7) is 3.53. The molecule has 2 heterocycles. The summed E-state index contributed by atoms with van der Waals surface area (Å²) in [6, 6.07) is 0. The molecule has 0 aliphatic carbocycles. The van der Waals surface area contributed by atoms with Gasteiger partial charge in [0, 0.05) is 12.8 Å². The Balaban J connectivity index is 1.49. The second-order valence-electron chi connectivity index (χ2n) is 10.7. The van der Waals surface area contributed by atoms with Crippen molar-refractivity contribution in [2.75, 3.05) is 13.2 Å². The van der Waals surface area contributed by atoms with E-state index in [-0.39, 0.29) is 56.7 Å². The Morgan fingerprint density at radius 3 is 1.74 bits per heavy atom. The zero-order valence-electron chi connectivity index (χ0n) is 27.3. The number of hydrogen-bond donors (Lipinski definition) is 1. The average molecular weight is 629 g/mol. The topological polar surface area (TPSA) is 97.9 Å². The molecule has 1 N–H and O–H groups in total. The van der Waals surface area contributed by atoms with Gasteiger partial charge in [-0.3, -0.25) is 9.59 Å². The minimum atomic E-state index is -0.936. The van der Waals surface area contributed by atoms with Crippen LogP contribution in [0.1, 0.15) is 90.9 Å². The first-order valence-corrected chi connectivity index (χ1v) is 16.4. The standard InChI is InChI=1S/C39H48O7/c1-3-5-7-9-11-13-19-25-34-36(45-34)27-21-15-17-23-29-38(41)43-32-33(31-40)44-39(42)30-24-18-16-22-28-37-35(46-37)26-20-14-12-10-8-6-4-2/h5-12,33-37,40H,3-4,13-14,19-20,23-26,29-32H2,1-2H3/b7-5-,8-6-,11-9-,12-10-/t33?,34-,35-,36-,37-/m0/s1. The van der Waals surface area contributed by atoms with Crippen molar-refractivity contribution >= 4 is 11.9 Å². The smallest absolute Gasteiger partial charge is 0.307 e. The summed E-state index contributed by atoms with van der Waals surface area (Å²) in [5.41, 5.74) is 0. The third kappa shape index (κ3) is 20.1. The molecule has 5 atom stereocenters. The molecular weight excluding hydrogens is 580 g/mol. The van der Waals surface area contributed by atoms with Crippen LogP contribution in [0.5, 0.6) is 0 Å². The van der Waals surface area contributed by atoms with Crippen molar-refractivity contribution in [2.24, 2.45) is 0 Å². The van der Waals surface area contributed by atoms with E-state index < -0.39 is 24.6 Å². The van der Waals surface area contributed by atoms with Gasteiger partial charge in [0.1, 0.15) is 18.8 Å². The van der Waals surface area contributed by atoms with E-state index in [0.29, 0.717) is 0 Å². The van der Waals surface area contributed by atoms with Crippen molar-refractivity contribution in [3.8, 4) is 47.4 Å². The fourth-order valence-electron chi connectivity index (χ4n) is 4.02. The van der Waals surface area contributed by atoms with Gasteiger partial charge in [-0.15, -0.1) is 0 Å². The fraction of sp³-hybridized carbons (Fsp3) is 0.538. The molecule has 0 spiro atoms. The van der Waals surface area contributed by atoms with Crippen LogP contribution in [-0.2, 0) is 28.5 Å². The van der Waals surface area contributed by atoms with Crippen molar-refractivity contribution < 1.29 is 33.6 Å². The molecule has 2 saturated heterocycles. The van der Waals surface area contributed by atoms with E-state index in [1.54, 1.807) is 0 Å². The fourth-order valence-corrected chi connectivity index (χ4v) is 4.02. The molecular formula is C39H48O7. The number of rotatable bonds is 20. The average Bonchev–Trinajstić information content (AvgIpc) is 3.98. The van der Waals surface area contributed by atoms with Gasteiger partial charge in [0.15, 0.2) is 6.10 Å². The molecule has 0 aromatic carbocycles. The van der Waals surface area contributed by atoms with Crippen LogP contribution in [0.4, 0.5) is 0 Å². The van der Waals surface area contributed by atoms with Gasteiger partial charge >= 0.3 is 11.9 Å². The molecule has 0 aromatic rings. The SMILES string of the molecule is CC/C=C\C=C/CCC[C@@H]1O[C@H]1C#CC#CCCC(=O)OCC(CO)OC(=O)CCC#CC#C[C@@H]1O[C@H]1CCC/C=C\C=C/CC. The third-order valence-electron chi connectivity index (χ3n) is 6.69. The Labute approximate surface area is 275 Å². The third-order valence-corrected chi connectivity index (χ3v) is 6.69. The molecule has 0 aromatic heterocycles. The molecule has 2 aliphatic heterocycles. The Bertz CT molecular complexity index is 1290. The van der Waals surface area contributed by atoms with Crippen LogP contribution < -0.4 is 0 Å². The molecule has 46 heavy (non-hydrogen) atoms. The maximum absolute atomic E-state index is 12.1. The van der Waals surface area contributed by atoms with Gasteiger partial charge in [0.2, 0.25) is 0 Å². The molecule has 1 unspecified atom stereocenters. The molecule has 7 nitrogen and oxygen atoms in total. The number of carbonyl (C=O) groups excluding carboxylic acids is 2. The lowest BCUT2D eigenvalue weighted by Gasteiger charge is -2.15. The lowest BCUT2D eigenvalue weighted by Crippen LogP contribution is -2.28. The van der Waals surface area contributed by atoms with Crippen molar-refractivity contribution in [3.63, 3.8) is 0 Å². The summed E-state index contributed by atoms with van der Waals surface area (Å²) in [4.78, 5) is 24.0. The van der Waals surface area contributed by atoms with Crippen LogP contribution >= 0.6 is 0 Å². The molecule has 7 heteroatoms. The van der Waals surface area contributed by atoms with Crippen LogP contribution in [-0.4, -0.2) is 60.8 Å². The first-order valence-electron chi connectivity index (χ1n) is 16.4. The van der Waals surface area contributed by atoms with Gasteiger partial charge < -0.3 is 24.1 Å². The quantitative estimate of drug-likeness (QED) is 0.0587. The Hall–Kier alpha value is -3.98. The zero-order valence-corrected chi connectivity index (χ0v) is 27.3. The van der Waals surface area contributed by atoms with Crippen molar-refractivity contribution in [2.45, 2.75) is 121 Å². The lowest BCUT2D eigenvalue weighted by atomic mass is 10.1. The van der Waals surface area contributed by atoms with E-state index in [2.05, 4.69) is 110 Å². The van der Waals surface area contributed by atoms with Crippen LogP contribution in [0.15, 0.2) is 48.6 Å². The summed E-state index contributed by atoms with van der Waals surface area (Å²) < 4.78 is 21.4. The highest BCUT2D eigenvalue weighted by Gasteiger charge is 2.36. The van der Waals surface area contributed by atoms with Gasteiger partial charge in [-0.25, -0.2) is 0 Å². The molecule has 0 saturated carbocycles. The van der Waals surface area contributed by atoms with E-state index in [0.717, 1.165) is 51.4 Å². The van der Waals surface area contributed by atoms with Crippen LogP contribution in [0.25, 0.3) is 0 Å². The number of aliphatic hydroxyl groups excluding tert-OH is 1. The number of unbranched alkanes of at least 4 members (excludes halogenated alkanes) is 2. The molecule has 246 valence electrons. The van der Waals surface area contributed by atoms with Crippen LogP contribution in [0.3, 0.4) is 0 Å².